The number of nitro benzene ring substituents is 1. The van der Waals surface area contributed by atoms with E-state index in [1.54, 1.807) is 18.2 Å². The summed E-state index contributed by atoms with van der Waals surface area (Å²) in [6.45, 7) is 10.9. The predicted molar refractivity (Wildman–Crippen MR) is 141 cm³/mol. The summed E-state index contributed by atoms with van der Waals surface area (Å²) >= 11 is 0. The van der Waals surface area contributed by atoms with Crippen molar-refractivity contribution in [3.05, 3.63) is 74.8 Å². The van der Waals surface area contributed by atoms with Crippen LogP contribution in [0.1, 0.15) is 56.3 Å². The monoisotopic (exact) mass is 509 g/mol. The highest BCUT2D eigenvalue weighted by Gasteiger charge is 2.46. The molecule has 1 saturated heterocycles. The van der Waals surface area contributed by atoms with Gasteiger partial charge in [-0.2, -0.15) is 0 Å². The molecule has 1 aliphatic rings. The molecule has 1 N–H and O–H groups in total. The van der Waals surface area contributed by atoms with Gasteiger partial charge in [-0.3, -0.25) is 19.7 Å². The molecule has 1 aliphatic heterocycles. The quantitative estimate of drug-likeness (QED) is 0.109. The molecule has 1 amide bonds. The third-order valence-electron chi connectivity index (χ3n) is 6.71. The van der Waals surface area contributed by atoms with E-state index in [1.165, 1.54) is 29.2 Å². The number of Topliss-reactive ketones (excluding diaryl/α,β-unsaturated/α-hetero) is 1. The van der Waals surface area contributed by atoms with Gasteiger partial charge in [0.15, 0.2) is 0 Å². The Labute approximate surface area is 217 Å². The van der Waals surface area contributed by atoms with Crippen LogP contribution < -0.4 is 4.74 Å². The van der Waals surface area contributed by atoms with Gasteiger partial charge in [-0.25, -0.2) is 0 Å². The van der Waals surface area contributed by atoms with E-state index in [4.69, 9.17) is 4.74 Å². The number of likely N-dealkylation sites (N-methyl/N-ethyl adjacent to an activating group) is 1. The molecule has 1 heterocycles. The Bertz CT molecular complexity index is 1170. The van der Waals surface area contributed by atoms with E-state index in [9.17, 15) is 24.8 Å². The molecule has 0 aromatic heterocycles. The lowest BCUT2D eigenvalue weighted by molar-refractivity contribution is -0.384. The van der Waals surface area contributed by atoms with Crippen LogP contribution in [-0.2, 0) is 9.59 Å². The Kier molecular flexibility index (Phi) is 9.41. The number of rotatable bonds is 12. The molecule has 0 unspecified atom stereocenters. The first kappa shape index (κ1) is 27.9. The third kappa shape index (κ3) is 6.17. The van der Waals surface area contributed by atoms with Crippen molar-refractivity contribution in [2.75, 3.05) is 32.8 Å². The molecule has 1 fully saturated rings. The average Bonchev–Trinajstić information content (AvgIpc) is 3.15. The second-order valence-corrected chi connectivity index (χ2v) is 9.05. The van der Waals surface area contributed by atoms with E-state index in [1.807, 2.05) is 20.8 Å². The van der Waals surface area contributed by atoms with Crippen LogP contribution in [0.5, 0.6) is 5.75 Å². The number of hydrogen-bond donors (Lipinski definition) is 1. The second-order valence-electron chi connectivity index (χ2n) is 9.05. The minimum Gasteiger partial charge on any atom is -0.507 e. The van der Waals surface area contributed by atoms with E-state index in [2.05, 4.69) is 11.8 Å². The van der Waals surface area contributed by atoms with Crippen molar-refractivity contribution < 1.29 is 24.4 Å². The van der Waals surface area contributed by atoms with Crippen molar-refractivity contribution in [2.45, 2.75) is 46.6 Å². The Morgan fingerprint density at radius 2 is 1.78 bits per heavy atom. The molecule has 37 heavy (non-hydrogen) atoms. The first-order chi connectivity index (χ1) is 17.7. The van der Waals surface area contributed by atoms with Crippen LogP contribution in [0.2, 0.25) is 0 Å². The Hall–Kier alpha value is -3.72. The lowest BCUT2D eigenvalue weighted by Gasteiger charge is -2.28. The van der Waals surface area contributed by atoms with Gasteiger partial charge in [0.25, 0.3) is 17.4 Å². The number of aryl methyl sites for hydroxylation is 1. The summed E-state index contributed by atoms with van der Waals surface area (Å²) in [5.74, 6) is -1.07. The highest BCUT2D eigenvalue weighted by molar-refractivity contribution is 6.46. The van der Waals surface area contributed by atoms with E-state index in [0.717, 1.165) is 31.5 Å². The van der Waals surface area contributed by atoms with E-state index in [0.29, 0.717) is 30.0 Å². The number of non-ortho nitro benzene ring substituents is 1. The van der Waals surface area contributed by atoms with Gasteiger partial charge in [-0.1, -0.05) is 27.2 Å². The Morgan fingerprint density at radius 3 is 2.35 bits per heavy atom. The van der Waals surface area contributed by atoms with Crippen molar-refractivity contribution in [1.29, 1.82) is 0 Å². The smallest absolute Gasteiger partial charge is 0.295 e. The van der Waals surface area contributed by atoms with Crippen molar-refractivity contribution in [2.24, 2.45) is 0 Å². The highest BCUT2D eigenvalue weighted by atomic mass is 16.6. The number of nitrogens with zero attached hydrogens (tertiary/aromatic N) is 3. The first-order valence-corrected chi connectivity index (χ1v) is 12.7. The molecule has 198 valence electrons. The van der Waals surface area contributed by atoms with Gasteiger partial charge < -0.3 is 19.6 Å². The number of likely N-dealkylation sites (tertiary alicyclic amines) is 1. The number of benzene rings is 2. The first-order valence-electron chi connectivity index (χ1n) is 12.7. The van der Waals surface area contributed by atoms with Gasteiger partial charge in [0.05, 0.1) is 23.1 Å². The summed E-state index contributed by atoms with van der Waals surface area (Å²) in [7, 11) is 0. The summed E-state index contributed by atoms with van der Waals surface area (Å²) in [6.07, 6.45) is 1.93. The van der Waals surface area contributed by atoms with Crippen LogP contribution in [0, 0.1) is 17.0 Å². The van der Waals surface area contributed by atoms with Gasteiger partial charge in [0, 0.05) is 30.8 Å². The van der Waals surface area contributed by atoms with Crippen LogP contribution in [0.25, 0.3) is 5.76 Å². The highest BCUT2D eigenvalue weighted by Crippen LogP contribution is 2.40. The van der Waals surface area contributed by atoms with Crippen LogP contribution >= 0.6 is 0 Å². The Morgan fingerprint density at radius 1 is 1.11 bits per heavy atom. The molecule has 0 spiro atoms. The number of ketones is 1. The molecule has 9 heteroatoms. The number of carbonyl (C=O) groups excluding carboxylic acids is 2. The molecule has 9 nitrogen and oxygen atoms in total. The summed E-state index contributed by atoms with van der Waals surface area (Å²) in [5, 5.41) is 22.5. The number of unbranched alkanes of at least 4 members (excludes halogenated alkanes) is 1. The largest absolute Gasteiger partial charge is 0.507 e. The fraction of sp³-hybridized carbons (Fsp3) is 0.429. The molecule has 2 aromatic carbocycles. The van der Waals surface area contributed by atoms with Crippen molar-refractivity contribution in [3.8, 4) is 5.75 Å². The molecule has 1 atom stereocenters. The van der Waals surface area contributed by atoms with Crippen LogP contribution in [0.3, 0.4) is 0 Å². The predicted octanol–water partition coefficient (Wildman–Crippen LogP) is 4.85. The zero-order valence-corrected chi connectivity index (χ0v) is 21.9. The number of nitro groups is 1. The second kappa shape index (κ2) is 12.5. The maximum absolute atomic E-state index is 13.2. The van der Waals surface area contributed by atoms with Crippen LogP contribution in [0.4, 0.5) is 5.69 Å². The minimum atomic E-state index is -0.864. The lowest BCUT2D eigenvalue weighted by atomic mass is 9.94. The fourth-order valence-electron chi connectivity index (χ4n) is 4.47. The SMILES string of the molecule is CCCCOc1ccc(C(O)=C2C(=O)C(=O)N(CCN(CC)CC)[C@H]2c2ccc([N+](=O)[O-])cc2)cc1C. The maximum atomic E-state index is 13.2. The van der Waals surface area contributed by atoms with Crippen LogP contribution in [0.15, 0.2) is 48.0 Å². The maximum Gasteiger partial charge on any atom is 0.295 e. The molecule has 0 saturated carbocycles. The zero-order valence-electron chi connectivity index (χ0n) is 21.9. The van der Waals surface area contributed by atoms with Gasteiger partial charge in [-0.05, 0) is 67.9 Å². The number of amides is 1. The number of aliphatic hydroxyl groups is 1. The fourth-order valence-corrected chi connectivity index (χ4v) is 4.47. The zero-order chi connectivity index (χ0) is 27.1. The summed E-state index contributed by atoms with van der Waals surface area (Å²) in [4.78, 5) is 40.6. The van der Waals surface area contributed by atoms with E-state index in [-0.39, 0.29) is 23.6 Å². The summed E-state index contributed by atoms with van der Waals surface area (Å²) < 4.78 is 5.80. The number of carbonyl (C=O) groups is 2. The molecule has 0 bridgehead atoms. The standard InChI is InChI=1S/C28H35N3O6/c1-5-8-17-37-23-14-11-21(18-19(23)4)26(32)24-25(20-9-12-22(13-10-20)31(35)36)30(28(34)27(24)33)16-15-29(6-2)7-3/h9-14,18,25,32H,5-8,15-17H2,1-4H3/t25-/m0/s1. The van der Waals surface area contributed by atoms with E-state index >= 15 is 0 Å². The van der Waals surface area contributed by atoms with Gasteiger partial charge in [0.1, 0.15) is 11.5 Å². The lowest BCUT2D eigenvalue weighted by Crippen LogP contribution is -2.38. The molecule has 2 aromatic rings. The topological polar surface area (TPSA) is 113 Å². The third-order valence-corrected chi connectivity index (χ3v) is 6.71. The molecule has 3 rings (SSSR count). The van der Waals surface area contributed by atoms with Gasteiger partial charge in [-0.15, -0.1) is 0 Å². The van der Waals surface area contributed by atoms with Crippen LogP contribution in [-0.4, -0.2) is 64.3 Å². The van der Waals surface area contributed by atoms with Crippen molar-refractivity contribution >= 4 is 23.1 Å². The Balaban J connectivity index is 2.06. The molecule has 0 radical (unpaired) electrons. The normalized spacial score (nSPS) is 17.0. The van der Waals surface area contributed by atoms with Gasteiger partial charge in [0.2, 0.25) is 0 Å². The number of aliphatic hydroxyl groups excluding tert-OH is 1. The molecule has 0 aliphatic carbocycles. The number of hydrogen-bond acceptors (Lipinski definition) is 7. The molecular formula is C28H35N3O6. The number of ether oxygens (including phenoxy) is 1. The van der Waals surface area contributed by atoms with E-state index < -0.39 is 22.7 Å². The summed E-state index contributed by atoms with van der Waals surface area (Å²) in [6, 6.07) is 10.0. The van der Waals surface area contributed by atoms with Crippen molar-refractivity contribution in [3.63, 3.8) is 0 Å². The van der Waals surface area contributed by atoms with Gasteiger partial charge >= 0.3 is 0 Å². The minimum absolute atomic E-state index is 0.0301. The average molecular weight is 510 g/mol. The summed E-state index contributed by atoms with van der Waals surface area (Å²) in [5.41, 5.74) is 1.58. The van der Waals surface area contributed by atoms with Crippen molar-refractivity contribution in [1.82, 2.24) is 9.80 Å². The molecular weight excluding hydrogens is 474 g/mol.